The number of para-hydroxylation sites is 1. The smallest absolute Gasteiger partial charge is 0.291 e. The fourth-order valence-corrected chi connectivity index (χ4v) is 3.57. The van der Waals surface area contributed by atoms with E-state index in [1.807, 2.05) is 61.5 Å². The third kappa shape index (κ3) is 2.81. The van der Waals surface area contributed by atoms with Crippen LogP contribution in [0.5, 0.6) is 5.75 Å². The molecule has 0 saturated heterocycles. The molecule has 0 bridgehead atoms. The minimum absolute atomic E-state index is 0.169. The molecular formula is C19H15N3O2S. The summed E-state index contributed by atoms with van der Waals surface area (Å²) in [6, 6.07) is 15.5. The Labute approximate surface area is 147 Å². The number of nitrogens with zero attached hydrogens (tertiary/aromatic N) is 3. The molecule has 4 aromatic rings. The average molecular weight is 349 g/mol. The van der Waals surface area contributed by atoms with Crippen LogP contribution < -0.4 is 14.8 Å². The van der Waals surface area contributed by atoms with Crippen molar-refractivity contribution >= 4 is 22.4 Å². The Morgan fingerprint density at radius 2 is 2.00 bits per heavy atom. The Morgan fingerprint density at radius 1 is 1.16 bits per heavy atom. The number of fused-ring (bicyclic) bond motifs is 1. The van der Waals surface area contributed by atoms with Gasteiger partial charge in [0.05, 0.1) is 11.6 Å². The molecule has 0 saturated carbocycles. The van der Waals surface area contributed by atoms with Gasteiger partial charge in [0.1, 0.15) is 5.75 Å². The molecule has 0 aliphatic carbocycles. The predicted molar refractivity (Wildman–Crippen MR) is 99.1 cm³/mol. The molecule has 5 nitrogen and oxygen atoms in total. The van der Waals surface area contributed by atoms with E-state index in [2.05, 4.69) is 10.1 Å². The van der Waals surface area contributed by atoms with Crippen LogP contribution in [0.15, 0.2) is 53.3 Å². The molecule has 25 heavy (non-hydrogen) atoms. The summed E-state index contributed by atoms with van der Waals surface area (Å²) in [5.41, 5.74) is 2.72. The lowest BCUT2D eigenvalue weighted by Gasteiger charge is -2.02. The van der Waals surface area contributed by atoms with Gasteiger partial charge in [-0.25, -0.2) is 0 Å². The monoisotopic (exact) mass is 349 g/mol. The second kappa shape index (κ2) is 6.14. The highest BCUT2D eigenvalue weighted by Crippen LogP contribution is 2.19. The van der Waals surface area contributed by atoms with Crippen molar-refractivity contribution in [2.45, 2.75) is 6.92 Å². The first-order chi connectivity index (χ1) is 12.2. The van der Waals surface area contributed by atoms with Crippen LogP contribution in [0.1, 0.15) is 11.1 Å². The normalized spacial score (nSPS) is 12.0. The van der Waals surface area contributed by atoms with E-state index in [-0.39, 0.29) is 5.56 Å². The zero-order valence-corrected chi connectivity index (χ0v) is 14.6. The number of benzene rings is 2. The van der Waals surface area contributed by atoms with Gasteiger partial charge in [-0.1, -0.05) is 53.3 Å². The number of aromatic nitrogens is 3. The first-order valence-electron chi connectivity index (χ1n) is 7.77. The summed E-state index contributed by atoms with van der Waals surface area (Å²) < 4.78 is 7.28. The standard InChI is InChI=1S/C19H15N3O2S/c1-12-6-5-8-14(10-12)17-20-19-22(21-17)18(23)16(25-19)11-13-7-3-4-9-15(13)24-2/h3-11H,1-2H3/b16-11-. The summed E-state index contributed by atoms with van der Waals surface area (Å²) in [7, 11) is 1.61. The summed E-state index contributed by atoms with van der Waals surface area (Å²) in [5, 5.41) is 4.38. The van der Waals surface area contributed by atoms with Crippen molar-refractivity contribution < 1.29 is 4.74 Å². The summed E-state index contributed by atoms with van der Waals surface area (Å²) in [6.45, 7) is 2.02. The van der Waals surface area contributed by atoms with Crippen molar-refractivity contribution in [2.24, 2.45) is 0 Å². The topological polar surface area (TPSA) is 56.5 Å². The molecule has 2 aromatic carbocycles. The van der Waals surface area contributed by atoms with Gasteiger partial charge in [-0.2, -0.15) is 9.50 Å². The molecule has 124 valence electrons. The molecular weight excluding hydrogens is 334 g/mol. The second-order valence-electron chi connectivity index (χ2n) is 5.66. The van der Waals surface area contributed by atoms with E-state index >= 15 is 0 Å². The first kappa shape index (κ1) is 15.5. The summed E-state index contributed by atoms with van der Waals surface area (Å²) in [4.78, 5) is 17.7. The van der Waals surface area contributed by atoms with Crippen molar-refractivity contribution in [3.05, 3.63) is 74.5 Å². The number of thiazole rings is 1. The maximum atomic E-state index is 12.6. The second-order valence-corrected chi connectivity index (χ2v) is 6.67. The molecule has 0 amide bonds. The lowest BCUT2D eigenvalue weighted by atomic mass is 10.1. The third-order valence-electron chi connectivity index (χ3n) is 3.88. The number of hydrogen-bond acceptors (Lipinski definition) is 5. The zero-order chi connectivity index (χ0) is 17.4. The fraction of sp³-hybridized carbons (Fsp3) is 0.105. The molecule has 0 aliphatic heterocycles. The van der Waals surface area contributed by atoms with Crippen molar-refractivity contribution in [3.63, 3.8) is 0 Å². The number of aryl methyl sites for hydroxylation is 1. The van der Waals surface area contributed by atoms with Gasteiger partial charge >= 0.3 is 0 Å². The quantitative estimate of drug-likeness (QED) is 0.571. The van der Waals surface area contributed by atoms with Crippen LogP contribution in [0.25, 0.3) is 22.4 Å². The van der Waals surface area contributed by atoms with Gasteiger partial charge in [-0.3, -0.25) is 4.79 Å². The van der Waals surface area contributed by atoms with Gasteiger partial charge in [0.25, 0.3) is 5.56 Å². The minimum Gasteiger partial charge on any atom is -0.496 e. The third-order valence-corrected chi connectivity index (χ3v) is 4.84. The molecule has 0 spiro atoms. The lowest BCUT2D eigenvalue weighted by Crippen LogP contribution is -2.23. The maximum Gasteiger partial charge on any atom is 0.291 e. The number of methoxy groups -OCH3 is 1. The molecule has 4 rings (SSSR count). The van der Waals surface area contributed by atoms with Crippen LogP contribution in [0.4, 0.5) is 0 Å². The lowest BCUT2D eigenvalue weighted by molar-refractivity contribution is 0.414. The van der Waals surface area contributed by atoms with Crippen LogP contribution in [0, 0.1) is 6.92 Å². The van der Waals surface area contributed by atoms with E-state index in [0.717, 1.165) is 22.4 Å². The summed E-state index contributed by atoms with van der Waals surface area (Å²) >= 11 is 1.32. The number of ether oxygens (including phenoxy) is 1. The predicted octanol–water partition coefficient (Wildman–Crippen LogP) is 2.68. The number of hydrogen-bond donors (Lipinski definition) is 0. The van der Waals surface area contributed by atoms with E-state index in [9.17, 15) is 4.79 Å². The Kier molecular flexibility index (Phi) is 3.82. The Balaban J connectivity index is 1.84. The number of rotatable bonds is 3. The van der Waals surface area contributed by atoms with Gasteiger partial charge in [0.2, 0.25) is 4.96 Å². The largest absolute Gasteiger partial charge is 0.496 e. The molecule has 6 heteroatoms. The Morgan fingerprint density at radius 3 is 2.76 bits per heavy atom. The van der Waals surface area contributed by atoms with Gasteiger partial charge < -0.3 is 4.74 Å². The summed E-state index contributed by atoms with van der Waals surface area (Å²) in [6.07, 6.45) is 1.81. The molecule has 0 fully saturated rings. The highest BCUT2D eigenvalue weighted by atomic mass is 32.1. The highest BCUT2D eigenvalue weighted by Gasteiger charge is 2.12. The van der Waals surface area contributed by atoms with Crippen LogP contribution in [-0.4, -0.2) is 21.7 Å². The van der Waals surface area contributed by atoms with Crippen LogP contribution >= 0.6 is 11.3 Å². The fourth-order valence-electron chi connectivity index (χ4n) is 2.67. The van der Waals surface area contributed by atoms with Crippen LogP contribution in [-0.2, 0) is 0 Å². The molecule has 0 aliphatic rings. The van der Waals surface area contributed by atoms with E-state index in [1.54, 1.807) is 7.11 Å². The summed E-state index contributed by atoms with van der Waals surface area (Å²) in [5.74, 6) is 1.29. The zero-order valence-electron chi connectivity index (χ0n) is 13.8. The molecule has 0 radical (unpaired) electrons. The van der Waals surface area contributed by atoms with Crippen molar-refractivity contribution in [3.8, 4) is 17.1 Å². The van der Waals surface area contributed by atoms with E-state index in [4.69, 9.17) is 4.74 Å². The molecule has 0 unspecified atom stereocenters. The molecule has 2 heterocycles. The van der Waals surface area contributed by atoms with Crippen molar-refractivity contribution in [1.29, 1.82) is 0 Å². The van der Waals surface area contributed by atoms with Crippen LogP contribution in [0.2, 0.25) is 0 Å². The van der Waals surface area contributed by atoms with Gasteiger partial charge in [-0.15, -0.1) is 5.10 Å². The molecule has 0 atom stereocenters. The van der Waals surface area contributed by atoms with Crippen LogP contribution in [0.3, 0.4) is 0 Å². The van der Waals surface area contributed by atoms with Crippen molar-refractivity contribution in [1.82, 2.24) is 14.6 Å². The first-order valence-corrected chi connectivity index (χ1v) is 8.59. The Hall–Kier alpha value is -2.99. The van der Waals surface area contributed by atoms with E-state index in [1.165, 1.54) is 15.9 Å². The van der Waals surface area contributed by atoms with E-state index in [0.29, 0.717) is 15.3 Å². The molecule has 2 aromatic heterocycles. The minimum atomic E-state index is -0.169. The highest BCUT2D eigenvalue weighted by molar-refractivity contribution is 7.15. The van der Waals surface area contributed by atoms with Crippen molar-refractivity contribution in [2.75, 3.05) is 7.11 Å². The molecule has 0 N–H and O–H groups in total. The SMILES string of the molecule is COc1ccccc1/C=c1\sc2nc(-c3cccc(C)c3)nn2c1=O. The van der Waals surface area contributed by atoms with Gasteiger partial charge in [0.15, 0.2) is 5.82 Å². The Bertz CT molecular complexity index is 1180. The maximum absolute atomic E-state index is 12.6. The van der Waals surface area contributed by atoms with E-state index < -0.39 is 0 Å². The van der Waals surface area contributed by atoms with Gasteiger partial charge in [-0.05, 0) is 25.1 Å². The average Bonchev–Trinajstić information content (AvgIpc) is 3.16. The van der Waals surface area contributed by atoms with Gasteiger partial charge in [0, 0.05) is 11.1 Å².